The van der Waals surface area contributed by atoms with Crippen LogP contribution in [0.5, 0.6) is 0 Å². The van der Waals surface area contributed by atoms with Crippen molar-refractivity contribution < 1.29 is 27.1 Å². The van der Waals surface area contributed by atoms with E-state index in [2.05, 4.69) is 9.72 Å². The molecule has 1 atom stereocenters. The average Bonchev–Trinajstić information content (AvgIpc) is 3.06. The van der Waals surface area contributed by atoms with Crippen molar-refractivity contribution in [1.29, 1.82) is 0 Å². The summed E-state index contributed by atoms with van der Waals surface area (Å²) in [5.41, 5.74) is 1.41. The molecule has 0 saturated carbocycles. The van der Waals surface area contributed by atoms with Gasteiger partial charge in [0.25, 0.3) is 5.91 Å². The Morgan fingerprint density at radius 1 is 1.12 bits per heavy atom. The number of ether oxygens (including phenoxy) is 1. The third kappa shape index (κ3) is 3.01. The Hall–Kier alpha value is -2.94. The van der Waals surface area contributed by atoms with E-state index >= 15 is 0 Å². The first kappa shape index (κ1) is 17.9. The van der Waals surface area contributed by atoms with E-state index < -0.39 is 17.9 Å². The summed E-state index contributed by atoms with van der Waals surface area (Å²) in [7, 11) is 0.469. The lowest BCUT2D eigenvalue weighted by molar-refractivity contribution is -0.305. The third-order valence-electron chi connectivity index (χ3n) is 3.74. The molecule has 9 heteroatoms. The Bertz CT molecular complexity index is 940. The molecule has 2 heterocycles. The van der Waals surface area contributed by atoms with Gasteiger partial charge in [0.2, 0.25) is 0 Å². The Balaban J connectivity index is 1.99. The van der Waals surface area contributed by atoms with Gasteiger partial charge in [-0.15, -0.1) is 0 Å². The van der Waals surface area contributed by atoms with Crippen molar-refractivity contribution in [3.8, 4) is 11.3 Å². The van der Waals surface area contributed by atoms with Crippen molar-refractivity contribution in [3.63, 3.8) is 0 Å². The molecule has 1 aromatic carbocycles. The largest absolute Gasteiger partial charge is 0.458 e. The zero-order chi connectivity index (χ0) is 18.9. The number of nitrogens with zero attached hydrogens (tertiary/aromatic N) is 2. The maximum absolute atomic E-state index is 14.0. The maximum Gasteiger partial charge on any atom is 0.458 e. The molecule has 0 saturated heterocycles. The number of halogens is 4. The number of fused-ring (bicyclic) bond motifs is 1. The molecule has 5 nitrogen and oxygen atoms in total. The summed E-state index contributed by atoms with van der Waals surface area (Å²) in [6.07, 6.45) is -2.28. The quantitative estimate of drug-likeness (QED) is 0.714. The lowest BCUT2D eigenvalue weighted by atomic mass is 10.2. The zero-order valence-corrected chi connectivity index (χ0v) is 13.4. The van der Waals surface area contributed by atoms with Crippen LogP contribution in [0.1, 0.15) is 0 Å². The van der Waals surface area contributed by atoms with Crippen LogP contribution < -0.4 is 5.32 Å². The molecule has 0 fully saturated rings. The number of carbonyl (C=O) groups excluding carboxylic acids is 1. The monoisotopic (exact) mass is 367 g/mol. The van der Waals surface area contributed by atoms with Crippen LogP contribution in [0.2, 0.25) is 0 Å². The summed E-state index contributed by atoms with van der Waals surface area (Å²) in [4.78, 5) is 16.2. The normalized spacial score (nSPS) is 14.2. The Morgan fingerprint density at radius 3 is 2.42 bits per heavy atom. The van der Waals surface area contributed by atoms with E-state index in [4.69, 9.17) is 0 Å². The Labute approximate surface area is 145 Å². The smallest absolute Gasteiger partial charge is 0.335 e. The molecule has 0 aliphatic rings. The van der Waals surface area contributed by atoms with Crippen molar-refractivity contribution in [3.05, 3.63) is 54.9 Å². The van der Waals surface area contributed by atoms with Crippen LogP contribution >= 0.6 is 0 Å². The molecular weight excluding hydrogens is 354 g/mol. The molecule has 3 aromatic rings. The molecule has 1 N–H and O–H groups in total. The van der Waals surface area contributed by atoms with Crippen LogP contribution in [-0.2, 0) is 9.53 Å². The van der Waals surface area contributed by atoms with Crippen molar-refractivity contribution in [2.24, 2.45) is 0 Å². The lowest BCUT2D eigenvalue weighted by Crippen LogP contribution is -2.52. The summed E-state index contributed by atoms with van der Waals surface area (Å²) >= 11 is 0. The number of nitrogens with one attached hydrogen (secondary N) is 1. The first-order chi connectivity index (χ1) is 12.3. The van der Waals surface area contributed by atoms with Crippen molar-refractivity contribution >= 4 is 17.2 Å². The highest BCUT2D eigenvalue weighted by atomic mass is 19.4. The number of hydrogen-bond donors (Lipinski definition) is 1. The molecule has 136 valence electrons. The number of imidazole rings is 1. The number of alkyl halides is 4. The fourth-order valence-corrected chi connectivity index (χ4v) is 2.40. The van der Waals surface area contributed by atoms with Gasteiger partial charge in [-0.25, -0.2) is 4.98 Å². The van der Waals surface area contributed by atoms with Crippen molar-refractivity contribution in [1.82, 2.24) is 9.38 Å². The van der Waals surface area contributed by atoms with Gasteiger partial charge < -0.3 is 14.5 Å². The number of methoxy groups -OCH3 is 1. The van der Waals surface area contributed by atoms with Gasteiger partial charge in [-0.2, -0.15) is 17.6 Å². The summed E-state index contributed by atoms with van der Waals surface area (Å²) in [5, 5.41) is 1.91. The fraction of sp³-hybridized carbons (Fsp3) is 0.176. The maximum atomic E-state index is 14.0. The first-order valence-electron chi connectivity index (χ1n) is 7.41. The van der Waals surface area contributed by atoms with E-state index in [1.807, 2.05) is 11.4 Å². The topological polar surface area (TPSA) is 55.6 Å². The van der Waals surface area contributed by atoms with Gasteiger partial charge in [0, 0.05) is 25.1 Å². The van der Waals surface area contributed by atoms with Gasteiger partial charge in [-0.3, -0.25) is 4.79 Å². The predicted molar refractivity (Wildman–Crippen MR) is 86.2 cm³/mol. The summed E-state index contributed by atoms with van der Waals surface area (Å²) in [6.45, 7) is 0. The number of carbonyl (C=O) groups is 1. The van der Waals surface area contributed by atoms with Crippen LogP contribution in [0, 0.1) is 0 Å². The number of aromatic nitrogens is 2. The average molecular weight is 367 g/mol. The second kappa shape index (κ2) is 6.41. The van der Waals surface area contributed by atoms with Gasteiger partial charge in [-0.1, -0.05) is 30.3 Å². The summed E-state index contributed by atoms with van der Waals surface area (Å²) < 4.78 is 57.7. The molecule has 0 bridgehead atoms. The second-order valence-corrected chi connectivity index (χ2v) is 5.40. The van der Waals surface area contributed by atoms with Gasteiger partial charge in [0.05, 0.1) is 11.4 Å². The molecule has 0 aliphatic heterocycles. The Morgan fingerprint density at radius 2 is 1.81 bits per heavy atom. The summed E-state index contributed by atoms with van der Waals surface area (Å²) in [6, 6.07) is 11.9. The predicted octanol–water partition coefficient (Wildman–Crippen LogP) is 3.81. The zero-order valence-electron chi connectivity index (χ0n) is 13.4. The van der Waals surface area contributed by atoms with E-state index in [1.165, 1.54) is 16.5 Å². The fourth-order valence-electron chi connectivity index (χ4n) is 2.40. The second-order valence-electron chi connectivity index (χ2n) is 5.40. The minimum Gasteiger partial charge on any atom is -0.335 e. The standard InChI is InChI=1S/C17H13F4N3O2/c1-26-16(18,17(19,20)21)15(25)23-12-8-5-9-24-10-13(22-14(12)24)11-6-3-2-4-7-11/h2-10H,1H3,(H,23,25). The molecule has 0 radical (unpaired) electrons. The van der Waals surface area contributed by atoms with Gasteiger partial charge >= 0.3 is 12.0 Å². The van der Waals surface area contributed by atoms with Crippen LogP contribution in [0.15, 0.2) is 54.9 Å². The molecule has 0 spiro atoms. The molecule has 26 heavy (non-hydrogen) atoms. The molecule has 3 rings (SSSR count). The molecule has 2 aromatic heterocycles. The highest BCUT2D eigenvalue weighted by Crippen LogP contribution is 2.36. The minimum atomic E-state index is -5.53. The number of hydrogen-bond acceptors (Lipinski definition) is 3. The molecule has 1 unspecified atom stereocenters. The SMILES string of the molecule is COC(F)(C(=O)Nc1cccn2cc(-c3ccccc3)nc12)C(F)(F)F. The lowest BCUT2D eigenvalue weighted by Gasteiger charge is -2.24. The summed E-state index contributed by atoms with van der Waals surface area (Å²) in [5.74, 6) is -6.45. The van der Waals surface area contributed by atoms with Crippen LogP contribution in [-0.4, -0.2) is 34.4 Å². The van der Waals surface area contributed by atoms with Gasteiger partial charge in [-0.05, 0) is 12.1 Å². The van der Waals surface area contributed by atoms with E-state index in [-0.39, 0.29) is 11.3 Å². The number of rotatable bonds is 4. The number of amides is 1. The highest BCUT2D eigenvalue weighted by molar-refractivity contribution is 5.99. The van der Waals surface area contributed by atoms with Crippen molar-refractivity contribution in [2.45, 2.75) is 12.0 Å². The van der Waals surface area contributed by atoms with Crippen molar-refractivity contribution in [2.75, 3.05) is 12.4 Å². The highest BCUT2D eigenvalue weighted by Gasteiger charge is 2.63. The van der Waals surface area contributed by atoms with Crippen LogP contribution in [0.4, 0.5) is 23.2 Å². The number of benzene rings is 1. The molecule has 1 amide bonds. The van der Waals surface area contributed by atoms with E-state index in [9.17, 15) is 22.4 Å². The van der Waals surface area contributed by atoms with E-state index in [0.717, 1.165) is 5.56 Å². The van der Waals surface area contributed by atoms with E-state index in [1.54, 1.807) is 36.7 Å². The van der Waals surface area contributed by atoms with Gasteiger partial charge in [0.15, 0.2) is 5.65 Å². The van der Waals surface area contributed by atoms with Crippen LogP contribution in [0.25, 0.3) is 16.9 Å². The number of pyridine rings is 1. The molecular formula is C17H13F4N3O2. The third-order valence-corrected chi connectivity index (χ3v) is 3.74. The Kier molecular flexibility index (Phi) is 4.41. The first-order valence-corrected chi connectivity index (χ1v) is 7.41. The van der Waals surface area contributed by atoms with E-state index in [0.29, 0.717) is 12.8 Å². The number of anilines is 1. The minimum absolute atomic E-state index is 0.0805. The van der Waals surface area contributed by atoms with Crippen LogP contribution in [0.3, 0.4) is 0 Å². The van der Waals surface area contributed by atoms with Gasteiger partial charge in [0.1, 0.15) is 0 Å². The molecule has 0 aliphatic carbocycles.